The molecule has 0 amide bonds. The summed E-state index contributed by atoms with van der Waals surface area (Å²) in [4.78, 5) is 29.6. The molecule has 1 aliphatic rings. The molecule has 0 N–H and O–H groups in total. The zero-order valence-corrected chi connectivity index (χ0v) is 16.7. The van der Waals surface area contributed by atoms with Crippen LogP contribution in [0.2, 0.25) is 0 Å². The maximum Gasteiger partial charge on any atom is 0.293 e. The Labute approximate surface area is 169 Å². The number of benzene rings is 2. The smallest absolute Gasteiger partial charge is 0.293 e. The number of fused-ring (bicyclic) bond motifs is 1. The molecule has 1 fully saturated rings. The maximum absolute atomic E-state index is 11.6. The van der Waals surface area contributed by atoms with E-state index in [1.54, 1.807) is 12.1 Å². The van der Waals surface area contributed by atoms with E-state index in [-0.39, 0.29) is 11.5 Å². The monoisotopic (exact) mass is 392 g/mol. The van der Waals surface area contributed by atoms with Crippen molar-refractivity contribution in [2.75, 3.05) is 18.0 Å². The number of nitro benzene ring substituents is 1. The van der Waals surface area contributed by atoms with Crippen LogP contribution in [-0.2, 0) is 6.42 Å². The van der Waals surface area contributed by atoms with Gasteiger partial charge < -0.3 is 9.47 Å². The van der Waals surface area contributed by atoms with Crippen LogP contribution in [0.4, 0.5) is 11.4 Å². The Morgan fingerprint density at radius 2 is 1.93 bits per heavy atom. The molecular formula is C22H24N4O3. The van der Waals surface area contributed by atoms with E-state index in [9.17, 15) is 14.9 Å². The molecule has 7 nitrogen and oxygen atoms in total. The third kappa shape index (κ3) is 3.48. The first kappa shape index (κ1) is 19.1. The van der Waals surface area contributed by atoms with Gasteiger partial charge in [-0.15, -0.1) is 0 Å². The van der Waals surface area contributed by atoms with E-state index in [2.05, 4.69) is 22.5 Å². The lowest BCUT2D eigenvalue weighted by Gasteiger charge is -2.34. The normalized spacial score (nSPS) is 15.0. The predicted molar refractivity (Wildman–Crippen MR) is 113 cm³/mol. The number of anilines is 1. The van der Waals surface area contributed by atoms with Gasteiger partial charge in [-0.2, -0.15) is 0 Å². The number of imidazole rings is 1. The second-order valence-corrected chi connectivity index (χ2v) is 7.48. The van der Waals surface area contributed by atoms with Crippen LogP contribution >= 0.6 is 0 Å². The molecule has 0 aliphatic carbocycles. The highest BCUT2D eigenvalue weighted by Crippen LogP contribution is 2.35. The Kier molecular flexibility index (Phi) is 5.05. The van der Waals surface area contributed by atoms with Crippen molar-refractivity contribution in [2.45, 2.75) is 39.2 Å². The molecular weight excluding hydrogens is 368 g/mol. The topological polar surface area (TPSA) is 81.3 Å². The standard InChI is InChI=1S/C22H24N4O3/c1-3-22-23-18-6-4-5-7-19(18)25(22)17-10-12-24(13-11-17)20-9-8-16(15(2)27)14-21(20)26(28)29/h4-9,14,17H,3,10-13H2,1-2H3. The van der Waals surface area contributed by atoms with E-state index >= 15 is 0 Å². The van der Waals surface area contributed by atoms with Gasteiger partial charge in [0.05, 0.1) is 16.0 Å². The number of hydrogen-bond donors (Lipinski definition) is 0. The number of hydrogen-bond acceptors (Lipinski definition) is 5. The molecule has 1 aromatic heterocycles. The zero-order valence-electron chi connectivity index (χ0n) is 16.7. The number of nitro groups is 1. The lowest BCUT2D eigenvalue weighted by atomic mass is 10.0. The van der Waals surface area contributed by atoms with Crippen LogP contribution in [0, 0.1) is 10.1 Å². The van der Waals surface area contributed by atoms with Crippen molar-refractivity contribution in [1.29, 1.82) is 0 Å². The van der Waals surface area contributed by atoms with E-state index in [4.69, 9.17) is 4.98 Å². The second-order valence-electron chi connectivity index (χ2n) is 7.48. The highest BCUT2D eigenvalue weighted by Gasteiger charge is 2.28. The molecule has 0 spiro atoms. The molecule has 1 aliphatic heterocycles. The van der Waals surface area contributed by atoms with Gasteiger partial charge >= 0.3 is 0 Å². The van der Waals surface area contributed by atoms with Crippen LogP contribution in [-0.4, -0.2) is 33.3 Å². The third-order valence-electron chi connectivity index (χ3n) is 5.73. The highest BCUT2D eigenvalue weighted by molar-refractivity contribution is 5.95. The Balaban J connectivity index is 1.60. The SMILES string of the molecule is CCc1nc2ccccc2n1C1CCN(c2ccc(C(C)=O)cc2[N+](=O)[O-])CC1. The fraction of sp³-hybridized carbons (Fsp3) is 0.364. The number of aromatic nitrogens is 2. The number of carbonyl (C=O) groups excluding carboxylic acids is 1. The average molecular weight is 392 g/mol. The summed E-state index contributed by atoms with van der Waals surface area (Å²) in [5, 5.41) is 11.6. The zero-order chi connectivity index (χ0) is 20.5. The van der Waals surface area contributed by atoms with Crippen molar-refractivity contribution in [3.63, 3.8) is 0 Å². The average Bonchev–Trinajstić information content (AvgIpc) is 3.12. The van der Waals surface area contributed by atoms with Crippen LogP contribution in [0.5, 0.6) is 0 Å². The van der Waals surface area contributed by atoms with Crippen molar-refractivity contribution in [2.24, 2.45) is 0 Å². The summed E-state index contributed by atoms with van der Waals surface area (Å²) in [5.74, 6) is 0.916. The van der Waals surface area contributed by atoms with Crippen LogP contribution < -0.4 is 4.90 Å². The Morgan fingerprint density at radius 1 is 1.21 bits per heavy atom. The maximum atomic E-state index is 11.6. The second kappa shape index (κ2) is 7.66. The lowest BCUT2D eigenvalue weighted by Crippen LogP contribution is -2.35. The van der Waals surface area contributed by atoms with Gasteiger partial charge in [0.15, 0.2) is 5.78 Å². The molecule has 4 rings (SSSR count). The molecule has 2 aromatic carbocycles. The first-order valence-electron chi connectivity index (χ1n) is 9.99. The van der Waals surface area contributed by atoms with Crippen LogP contribution in [0.25, 0.3) is 11.0 Å². The number of rotatable bonds is 5. The van der Waals surface area contributed by atoms with Crippen LogP contribution in [0.15, 0.2) is 42.5 Å². The molecule has 29 heavy (non-hydrogen) atoms. The molecule has 7 heteroatoms. The summed E-state index contributed by atoms with van der Waals surface area (Å²) >= 11 is 0. The van der Waals surface area contributed by atoms with E-state index in [0.29, 0.717) is 17.3 Å². The largest absolute Gasteiger partial charge is 0.366 e. The third-order valence-corrected chi connectivity index (χ3v) is 5.73. The summed E-state index contributed by atoms with van der Waals surface area (Å²) in [7, 11) is 0. The molecule has 3 aromatic rings. The number of Topliss-reactive ketones (excluding diaryl/α,β-unsaturated/α-hetero) is 1. The highest BCUT2D eigenvalue weighted by atomic mass is 16.6. The quantitative estimate of drug-likeness (QED) is 0.361. The van der Waals surface area contributed by atoms with Crippen LogP contribution in [0.1, 0.15) is 48.9 Å². The number of nitrogens with zero attached hydrogens (tertiary/aromatic N) is 4. The van der Waals surface area contributed by atoms with E-state index in [0.717, 1.165) is 49.2 Å². The minimum atomic E-state index is -0.396. The molecule has 1 saturated heterocycles. The fourth-order valence-electron chi connectivity index (χ4n) is 4.27. The molecule has 0 bridgehead atoms. The van der Waals surface area contributed by atoms with Gasteiger partial charge in [0.2, 0.25) is 0 Å². The molecule has 0 radical (unpaired) electrons. The van der Waals surface area contributed by atoms with Crippen molar-refractivity contribution in [1.82, 2.24) is 9.55 Å². The molecule has 0 unspecified atom stereocenters. The summed E-state index contributed by atoms with van der Waals surface area (Å²) in [6.07, 6.45) is 2.64. The van der Waals surface area contributed by atoms with E-state index in [1.807, 2.05) is 18.2 Å². The minimum absolute atomic E-state index is 0.00141. The molecule has 2 heterocycles. The van der Waals surface area contributed by atoms with Gasteiger partial charge in [-0.25, -0.2) is 4.98 Å². The predicted octanol–water partition coefficient (Wildman–Crippen LogP) is 4.55. The Morgan fingerprint density at radius 3 is 2.59 bits per heavy atom. The number of piperidine rings is 1. The van der Waals surface area contributed by atoms with Gasteiger partial charge in [-0.3, -0.25) is 14.9 Å². The number of carbonyl (C=O) groups is 1. The summed E-state index contributed by atoms with van der Waals surface area (Å²) in [6.45, 7) is 4.99. The Bertz CT molecular complexity index is 1080. The molecule has 0 atom stereocenters. The van der Waals surface area contributed by atoms with Gasteiger partial charge in [0, 0.05) is 37.2 Å². The van der Waals surface area contributed by atoms with E-state index in [1.165, 1.54) is 13.0 Å². The van der Waals surface area contributed by atoms with Gasteiger partial charge in [0.25, 0.3) is 5.69 Å². The fourth-order valence-corrected chi connectivity index (χ4v) is 4.27. The van der Waals surface area contributed by atoms with Gasteiger partial charge in [-0.05, 0) is 44.0 Å². The van der Waals surface area contributed by atoms with Crippen molar-refractivity contribution >= 4 is 28.2 Å². The Hall–Kier alpha value is -3.22. The first-order chi connectivity index (χ1) is 14.0. The first-order valence-corrected chi connectivity index (χ1v) is 9.99. The van der Waals surface area contributed by atoms with Crippen LogP contribution in [0.3, 0.4) is 0 Å². The van der Waals surface area contributed by atoms with E-state index < -0.39 is 4.92 Å². The minimum Gasteiger partial charge on any atom is -0.366 e. The summed E-state index contributed by atoms with van der Waals surface area (Å²) in [5.41, 5.74) is 3.12. The molecule has 0 saturated carbocycles. The van der Waals surface area contributed by atoms with Gasteiger partial charge in [0.1, 0.15) is 11.5 Å². The summed E-state index contributed by atoms with van der Waals surface area (Å²) in [6, 6.07) is 13.3. The number of ketones is 1. The number of para-hydroxylation sites is 2. The summed E-state index contributed by atoms with van der Waals surface area (Å²) < 4.78 is 2.35. The lowest BCUT2D eigenvalue weighted by molar-refractivity contribution is -0.384. The molecule has 150 valence electrons. The van der Waals surface area contributed by atoms with Crippen molar-refractivity contribution in [3.05, 3.63) is 64.0 Å². The van der Waals surface area contributed by atoms with Crippen molar-refractivity contribution in [3.8, 4) is 0 Å². The number of aryl methyl sites for hydroxylation is 1. The van der Waals surface area contributed by atoms with Gasteiger partial charge in [-0.1, -0.05) is 19.1 Å². The van der Waals surface area contributed by atoms with Crippen molar-refractivity contribution < 1.29 is 9.72 Å².